The van der Waals surface area contributed by atoms with E-state index < -0.39 is 0 Å². The number of likely N-dealkylation sites (tertiary alicyclic amines) is 1. The second-order valence-corrected chi connectivity index (χ2v) is 8.92. The summed E-state index contributed by atoms with van der Waals surface area (Å²) in [6.45, 7) is 9.66. The molecule has 0 unspecified atom stereocenters. The molecule has 6 nitrogen and oxygen atoms in total. The summed E-state index contributed by atoms with van der Waals surface area (Å²) in [7, 11) is 3.84. The zero-order valence-corrected chi connectivity index (χ0v) is 17.9. The first kappa shape index (κ1) is 19.6. The van der Waals surface area contributed by atoms with Crippen LogP contribution >= 0.6 is 0 Å². The predicted molar refractivity (Wildman–Crippen MR) is 114 cm³/mol. The van der Waals surface area contributed by atoms with Gasteiger partial charge in [-0.05, 0) is 64.6 Å². The molecule has 1 saturated carbocycles. The zero-order valence-electron chi connectivity index (χ0n) is 17.9. The van der Waals surface area contributed by atoms with Gasteiger partial charge in [-0.1, -0.05) is 0 Å². The lowest BCUT2D eigenvalue weighted by molar-refractivity contribution is 0.203. The van der Waals surface area contributed by atoms with Crippen molar-refractivity contribution in [1.82, 2.24) is 19.4 Å². The van der Waals surface area contributed by atoms with Crippen LogP contribution in [0.5, 0.6) is 0 Å². The summed E-state index contributed by atoms with van der Waals surface area (Å²) in [6.07, 6.45) is 7.26. The number of aromatic nitrogens is 3. The summed E-state index contributed by atoms with van der Waals surface area (Å²) in [5, 5.41) is 0. The first-order valence-corrected chi connectivity index (χ1v) is 10.9. The summed E-state index contributed by atoms with van der Waals surface area (Å²) >= 11 is 0. The number of piperidine rings is 1. The molecule has 2 aromatic rings. The SMILES string of the molecule is COCCN(C)c1nc(C2CCN(CC3CC3)CC2)cc2c1ncn2C(C)C. The molecular weight excluding hydrogens is 350 g/mol. The van der Waals surface area contributed by atoms with Gasteiger partial charge in [0.05, 0.1) is 18.5 Å². The Morgan fingerprint density at radius 1 is 1.21 bits per heavy atom. The third-order valence-corrected chi connectivity index (χ3v) is 6.33. The molecule has 6 heteroatoms. The second-order valence-electron chi connectivity index (χ2n) is 8.92. The maximum atomic E-state index is 5.28. The van der Waals surface area contributed by atoms with Crippen molar-refractivity contribution in [3.8, 4) is 0 Å². The highest BCUT2D eigenvalue weighted by atomic mass is 16.5. The third kappa shape index (κ3) is 4.18. The number of pyridine rings is 1. The Kier molecular flexibility index (Phi) is 5.88. The molecule has 2 aromatic heterocycles. The van der Waals surface area contributed by atoms with Gasteiger partial charge in [0.25, 0.3) is 0 Å². The first-order chi connectivity index (χ1) is 13.6. The predicted octanol–water partition coefficient (Wildman–Crippen LogP) is 3.68. The molecule has 28 heavy (non-hydrogen) atoms. The molecule has 0 spiro atoms. The Morgan fingerprint density at radius 3 is 2.61 bits per heavy atom. The molecule has 2 fully saturated rings. The average Bonchev–Trinajstić information content (AvgIpc) is 3.40. The summed E-state index contributed by atoms with van der Waals surface area (Å²) in [6, 6.07) is 2.69. The molecule has 0 aromatic carbocycles. The molecule has 2 aliphatic rings. The fourth-order valence-electron chi connectivity index (χ4n) is 4.33. The van der Waals surface area contributed by atoms with Gasteiger partial charge >= 0.3 is 0 Å². The normalized spacial score (nSPS) is 19.0. The molecule has 0 atom stereocenters. The van der Waals surface area contributed by atoms with E-state index in [1.54, 1.807) is 7.11 Å². The van der Waals surface area contributed by atoms with Crippen LogP contribution in [0.2, 0.25) is 0 Å². The Bertz CT molecular complexity index is 790. The van der Waals surface area contributed by atoms with Crippen molar-refractivity contribution in [2.75, 3.05) is 51.8 Å². The summed E-state index contributed by atoms with van der Waals surface area (Å²) in [5.41, 5.74) is 3.45. The monoisotopic (exact) mass is 385 g/mol. The quantitative estimate of drug-likeness (QED) is 0.694. The molecule has 0 radical (unpaired) electrons. The van der Waals surface area contributed by atoms with Crippen LogP contribution in [-0.2, 0) is 4.74 Å². The van der Waals surface area contributed by atoms with E-state index >= 15 is 0 Å². The topological polar surface area (TPSA) is 46.4 Å². The van der Waals surface area contributed by atoms with Crippen LogP contribution in [0, 0.1) is 5.92 Å². The van der Waals surface area contributed by atoms with Crippen LogP contribution in [-0.4, -0.2) is 66.4 Å². The van der Waals surface area contributed by atoms with Crippen molar-refractivity contribution < 1.29 is 4.74 Å². The lowest BCUT2D eigenvalue weighted by Crippen LogP contribution is -2.34. The Labute approximate surface area is 168 Å². The summed E-state index contributed by atoms with van der Waals surface area (Å²) in [5.74, 6) is 2.52. The minimum atomic E-state index is 0.387. The van der Waals surface area contributed by atoms with Gasteiger partial charge in [0, 0.05) is 44.9 Å². The van der Waals surface area contributed by atoms with Gasteiger partial charge in [0.1, 0.15) is 5.52 Å². The van der Waals surface area contributed by atoms with E-state index in [0.717, 1.165) is 23.8 Å². The second kappa shape index (κ2) is 8.37. The number of likely N-dealkylation sites (N-methyl/N-ethyl adjacent to an activating group) is 1. The minimum absolute atomic E-state index is 0.387. The minimum Gasteiger partial charge on any atom is -0.383 e. The van der Waals surface area contributed by atoms with E-state index in [2.05, 4.69) is 41.3 Å². The molecule has 154 valence electrons. The molecule has 1 aliphatic carbocycles. The number of nitrogens with zero attached hydrogens (tertiary/aromatic N) is 5. The number of anilines is 1. The molecule has 1 saturated heterocycles. The van der Waals surface area contributed by atoms with Crippen molar-refractivity contribution in [3.63, 3.8) is 0 Å². The largest absolute Gasteiger partial charge is 0.383 e. The van der Waals surface area contributed by atoms with Crippen LogP contribution in [0.3, 0.4) is 0 Å². The van der Waals surface area contributed by atoms with Gasteiger partial charge in [0.2, 0.25) is 0 Å². The van der Waals surface area contributed by atoms with Gasteiger partial charge in [-0.3, -0.25) is 0 Å². The number of hydrogen-bond donors (Lipinski definition) is 0. The van der Waals surface area contributed by atoms with Crippen LogP contribution in [0.15, 0.2) is 12.4 Å². The average molecular weight is 386 g/mol. The first-order valence-electron chi connectivity index (χ1n) is 10.9. The molecule has 0 N–H and O–H groups in total. The van der Waals surface area contributed by atoms with Gasteiger partial charge < -0.3 is 19.1 Å². The Morgan fingerprint density at radius 2 is 1.96 bits per heavy atom. The van der Waals surface area contributed by atoms with Crippen molar-refractivity contribution in [2.45, 2.75) is 51.5 Å². The van der Waals surface area contributed by atoms with Crippen molar-refractivity contribution >= 4 is 16.9 Å². The van der Waals surface area contributed by atoms with Crippen LogP contribution in [0.1, 0.15) is 57.2 Å². The van der Waals surface area contributed by atoms with Crippen LogP contribution in [0.25, 0.3) is 11.0 Å². The van der Waals surface area contributed by atoms with Crippen LogP contribution in [0.4, 0.5) is 5.82 Å². The fraction of sp³-hybridized carbons (Fsp3) is 0.727. The highest BCUT2D eigenvalue weighted by molar-refractivity contribution is 5.87. The Hall–Kier alpha value is -1.66. The number of hydrogen-bond acceptors (Lipinski definition) is 5. The third-order valence-electron chi connectivity index (χ3n) is 6.33. The van der Waals surface area contributed by atoms with Gasteiger partial charge in [-0.25, -0.2) is 9.97 Å². The van der Waals surface area contributed by atoms with E-state index in [9.17, 15) is 0 Å². The van der Waals surface area contributed by atoms with E-state index in [1.165, 1.54) is 56.5 Å². The lowest BCUT2D eigenvalue weighted by atomic mass is 9.92. The maximum Gasteiger partial charge on any atom is 0.156 e. The number of methoxy groups -OCH3 is 1. The van der Waals surface area contributed by atoms with E-state index in [1.807, 2.05) is 6.33 Å². The number of ether oxygens (including phenoxy) is 1. The van der Waals surface area contributed by atoms with Crippen LogP contribution < -0.4 is 4.90 Å². The summed E-state index contributed by atoms with van der Waals surface area (Å²) in [4.78, 5) is 14.7. The summed E-state index contributed by atoms with van der Waals surface area (Å²) < 4.78 is 7.56. The highest BCUT2D eigenvalue weighted by Gasteiger charge is 2.29. The van der Waals surface area contributed by atoms with E-state index in [-0.39, 0.29) is 0 Å². The van der Waals surface area contributed by atoms with E-state index in [4.69, 9.17) is 14.7 Å². The number of rotatable bonds is 8. The zero-order chi connectivity index (χ0) is 19.7. The lowest BCUT2D eigenvalue weighted by Gasteiger charge is -2.32. The standard InChI is InChI=1S/C22H35N5O/c1-16(2)27-15-23-21-20(27)13-19(24-22(21)25(3)11-12-28-4)18-7-9-26(10-8-18)14-17-5-6-17/h13,15-18H,5-12,14H2,1-4H3. The molecule has 3 heterocycles. The van der Waals surface area contributed by atoms with Crippen molar-refractivity contribution in [2.24, 2.45) is 5.92 Å². The molecule has 0 amide bonds. The van der Waals surface area contributed by atoms with Crippen molar-refractivity contribution in [3.05, 3.63) is 18.1 Å². The number of fused-ring (bicyclic) bond motifs is 1. The maximum absolute atomic E-state index is 5.28. The van der Waals surface area contributed by atoms with Gasteiger partial charge in [-0.15, -0.1) is 0 Å². The molecule has 4 rings (SSSR count). The Balaban J connectivity index is 1.60. The van der Waals surface area contributed by atoms with Crippen molar-refractivity contribution in [1.29, 1.82) is 0 Å². The van der Waals surface area contributed by atoms with E-state index in [0.29, 0.717) is 18.6 Å². The fourth-order valence-corrected chi connectivity index (χ4v) is 4.33. The number of imidazole rings is 1. The molecule has 0 bridgehead atoms. The smallest absolute Gasteiger partial charge is 0.156 e. The highest BCUT2D eigenvalue weighted by Crippen LogP contribution is 2.35. The molecule has 1 aliphatic heterocycles. The van der Waals surface area contributed by atoms with Gasteiger partial charge in [0.15, 0.2) is 5.82 Å². The van der Waals surface area contributed by atoms with Gasteiger partial charge in [-0.2, -0.15) is 0 Å². The molecular formula is C22H35N5O.